The third kappa shape index (κ3) is 12.9. The van der Waals surface area contributed by atoms with E-state index in [0.29, 0.717) is 76.2 Å². The molecule has 18 heteroatoms. The molecule has 3 aromatic carbocycles. The molecule has 0 radical (unpaired) electrons. The van der Waals surface area contributed by atoms with Crippen LogP contribution < -0.4 is 15.4 Å². The van der Waals surface area contributed by atoms with Gasteiger partial charge in [-0.15, -0.1) is 11.3 Å². The van der Waals surface area contributed by atoms with Crippen molar-refractivity contribution in [3.8, 4) is 16.2 Å². The molecular formula is C56H66N8O9S. The predicted molar refractivity (Wildman–Crippen MR) is 284 cm³/mol. The van der Waals surface area contributed by atoms with Gasteiger partial charge in [-0.05, 0) is 78.6 Å². The number of aromatic nitrogens is 2. The Kier molecular flexibility index (Phi) is 18.7. The molecular weight excluding hydrogens is 961 g/mol. The number of aliphatic hydroxyl groups excluding tert-OH is 1. The van der Waals surface area contributed by atoms with E-state index in [0.717, 1.165) is 73.6 Å². The van der Waals surface area contributed by atoms with Gasteiger partial charge in [0.1, 0.15) is 24.4 Å². The number of hydrogen-bond acceptors (Lipinski definition) is 15. The van der Waals surface area contributed by atoms with Crippen LogP contribution in [0.25, 0.3) is 21.7 Å². The Bertz CT molecular complexity index is 2830. The van der Waals surface area contributed by atoms with Crippen molar-refractivity contribution in [2.45, 2.75) is 77.7 Å². The number of carbonyl (C=O) groups excluding carboxylic acids is 3. The highest BCUT2D eigenvalue weighted by Crippen LogP contribution is 2.34. The van der Waals surface area contributed by atoms with Gasteiger partial charge in [-0.25, -0.2) is 4.98 Å². The number of pyridine rings is 1. The number of aryl methyl sites for hydroxylation is 2. The number of nitrogens with one attached hydrogen (secondary N) is 2. The lowest BCUT2D eigenvalue weighted by atomic mass is 9.97. The van der Waals surface area contributed by atoms with Crippen molar-refractivity contribution in [2.24, 2.45) is 16.1 Å². The smallest absolute Gasteiger partial charge is 0.255 e. The lowest BCUT2D eigenvalue weighted by molar-refractivity contribution is -0.143. The number of aliphatic hydroxyl groups is 1. The number of allylic oxidation sites excluding steroid dienone is 1. The summed E-state index contributed by atoms with van der Waals surface area (Å²) in [5.74, 6) is -0.624. The molecule has 4 N–H and O–H groups in total. The summed E-state index contributed by atoms with van der Waals surface area (Å²) in [6.45, 7) is 9.43. The fraction of sp³-hybridized carbons (Fsp3) is 0.411. The van der Waals surface area contributed by atoms with Gasteiger partial charge in [0.05, 0.1) is 66.6 Å². The fourth-order valence-electron chi connectivity index (χ4n) is 9.75. The lowest BCUT2D eigenvalue weighted by Gasteiger charge is -2.35. The molecule has 0 spiro atoms. The van der Waals surface area contributed by atoms with Crippen molar-refractivity contribution in [2.75, 3.05) is 66.4 Å². The Hall–Kier alpha value is -6.83. The third-order valence-electron chi connectivity index (χ3n) is 13.5. The van der Waals surface area contributed by atoms with Gasteiger partial charge in [0.25, 0.3) is 5.91 Å². The standard InChI is InChI=1S/C56H66N8O9S/c1-36(2)52(64-33-43-8-5-6-9-46(43)55(64)67)56(68)63-34-44(65)30-49(63)54(66)60-31-42-11-10-41(53-37(3)61-35-74-53)29-50(42)73-27-26-72-25-24-71-23-22-70-21-7-18-59-32-47(51(57-4)38-16-19-58-20-17-38)40-12-14-45-39(28-40)13-15-48(45)62-69/h5-6,8-12,14,16-17,19-20,28-29,32,35-36,44,49,52,57,65,69H,7,13,15,18,21-27,30-31,33-34H2,1-4H3,(H,60,66)/b51-47?,59-32?,62-48+/t44-,49+,52+/m1/s1. The Morgan fingerprint density at radius 1 is 0.905 bits per heavy atom. The summed E-state index contributed by atoms with van der Waals surface area (Å²) in [5.41, 5.74) is 12.5. The van der Waals surface area contributed by atoms with Gasteiger partial charge in [0, 0.05) is 92.7 Å². The molecule has 4 heterocycles. The largest absolute Gasteiger partial charge is 0.491 e. The van der Waals surface area contributed by atoms with Crippen LogP contribution >= 0.6 is 11.3 Å². The minimum Gasteiger partial charge on any atom is -0.491 e. The molecule has 17 nitrogen and oxygen atoms in total. The molecule has 390 valence electrons. The SMILES string of the molecule is CNC(=C(C=NCCCOCCOCCOCCOc1cc(-c2scnc2C)ccc1CNC(=O)[C@@H]1C[C@@H](O)CN1C(=O)[C@H](C(C)C)N1Cc2ccccc2C1=O)c1ccc2c(c1)CC/C2=N\O)c1ccncc1. The first-order valence-corrected chi connectivity index (χ1v) is 26.2. The summed E-state index contributed by atoms with van der Waals surface area (Å²) >= 11 is 1.53. The summed E-state index contributed by atoms with van der Waals surface area (Å²) in [6, 6.07) is 21.6. The van der Waals surface area contributed by atoms with Crippen LogP contribution in [0.4, 0.5) is 0 Å². The maximum Gasteiger partial charge on any atom is 0.255 e. The van der Waals surface area contributed by atoms with E-state index in [1.54, 1.807) is 28.9 Å². The van der Waals surface area contributed by atoms with E-state index in [1.807, 2.05) is 94.7 Å². The summed E-state index contributed by atoms with van der Waals surface area (Å²) in [4.78, 5) is 59.0. The summed E-state index contributed by atoms with van der Waals surface area (Å²) < 4.78 is 23.7. The Morgan fingerprint density at radius 3 is 2.38 bits per heavy atom. The number of hydrogen-bond donors (Lipinski definition) is 4. The van der Waals surface area contributed by atoms with E-state index >= 15 is 0 Å². The highest BCUT2D eigenvalue weighted by atomic mass is 32.1. The molecule has 1 aliphatic carbocycles. The minimum absolute atomic E-state index is 0.00182. The molecule has 2 aliphatic heterocycles. The van der Waals surface area contributed by atoms with Gasteiger partial charge in [0.15, 0.2) is 0 Å². The van der Waals surface area contributed by atoms with Crippen molar-refractivity contribution in [3.05, 3.63) is 135 Å². The zero-order valence-corrected chi connectivity index (χ0v) is 43.3. The van der Waals surface area contributed by atoms with Crippen LogP contribution in [0.3, 0.4) is 0 Å². The Balaban J connectivity index is 0.767. The number of nitrogens with zero attached hydrogens (tertiary/aromatic N) is 6. The van der Waals surface area contributed by atoms with Gasteiger partial charge < -0.3 is 49.7 Å². The molecule has 2 aromatic heterocycles. The first-order chi connectivity index (χ1) is 36.1. The third-order valence-corrected chi connectivity index (χ3v) is 14.4. The molecule has 1 fully saturated rings. The van der Waals surface area contributed by atoms with Crippen LogP contribution in [0.15, 0.2) is 101 Å². The van der Waals surface area contributed by atoms with Crippen molar-refractivity contribution >= 4 is 52.3 Å². The molecule has 3 aliphatic rings. The van der Waals surface area contributed by atoms with Crippen LogP contribution in [0.1, 0.15) is 82.5 Å². The minimum atomic E-state index is -0.913. The quantitative estimate of drug-likeness (QED) is 0.0212. The van der Waals surface area contributed by atoms with E-state index in [-0.39, 0.29) is 43.8 Å². The molecule has 3 amide bonds. The lowest BCUT2D eigenvalue weighted by Crippen LogP contribution is -2.55. The first-order valence-electron chi connectivity index (χ1n) is 25.3. The van der Waals surface area contributed by atoms with Crippen molar-refractivity contribution in [1.82, 2.24) is 30.4 Å². The number of benzene rings is 3. The van der Waals surface area contributed by atoms with Gasteiger partial charge >= 0.3 is 0 Å². The van der Waals surface area contributed by atoms with Crippen LogP contribution in [0, 0.1) is 12.8 Å². The van der Waals surface area contributed by atoms with E-state index < -0.39 is 24.1 Å². The monoisotopic (exact) mass is 1030 g/mol. The number of oxime groups is 1. The summed E-state index contributed by atoms with van der Waals surface area (Å²) in [7, 11) is 1.90. The van der Waals surface area contributed by atoms with Gasteiger partial charge in [0.2, 0.25) is 11.8 Å². The van der Waals surface area contributed by atoms with E-state index in [1.165, 1.54) is 16.2 Å². The number of aliphatic imine (C=N–C) groups is 1. The second-order valence-corrected chi connectivity index (χ2v) is 19.6. The second kappa shape index (κ2) is 25.9. The average molecular weight is 1030 g/mol. The van der Waals surface area contributed by atoms with Crippen LogP contribution in [0.2, 0.25) is 0 Å². The van der Waals surface area contributed by atoms with Crippen molar-refractivity contribution in [3.63, 3.8) is 0 Å². The van der Waals surface area contributed by atoms with Crippen LogP contribution in [-0.4, -0.2) is 144 Å². The van der Waals surface area contributed by atoms with Gasteiger partial charge in [-0.1, -0.05) is 67.5 Å². The number of carbonyl (C=O) groups is 3. The second-order valence-electron chi connectivity index (χ2n) is 18.7. The van der Waals surface area contributed by atoms with Gasteiger partial charge in [-0.2, -0.15) is 0 Å². The van der Waals surface area contributed by atoms with E-state index in [4.69, 9.17) is 23.9 Å². The number of rotatable bonds is 25. The normalized spacial score (nSPS) is 17.5. The molecule has 1 saturated heterocycles. The van der Waals surface area contributed by atoms with Crippen molar-refractivity contribution in [1.29, 1.82) is 0 Å². The van der Waals surface area contributed by atoms with Crippen molar-refractivity contribution < 1.29 is 43.6 Å². The zero-order valence-electron chi connectivity index (χ0n) is 42.5. The molecule has 5 aromatic rings. The van der Waals surface area contributed by atoms with Crippen LogP contribution in [0.5, 0.6) is 5.75 Å². The first kappa shape index (κ1) is 53.5. The predicted octanol–water partition coefficient (Wildman–Crippen LogP) is 6.57. The molecule has 74 heavy (non-hydrogen) atoms. The molecule has 8 rings (SSSR count). The fourth-order valence-corrected chi connectivity index (χ4v) is 10.6. The molecule has 3 atom stereocenters. The number of fused-ring (bicyclic) bond motifs is 2. The molecule has 0 bridgehead atoms. The number of likely N-dealkylation sites (tertiary alicyclic amines) is 1. The van der Waals surface area contributed by atoms with E-state index in [2.05, 4.69) is 31.8 Å². The maximum atomic E-state index is 14.3. The summed E-state index contributed by atoms with van der Waals surface area (Å²) in [5, 5.41) is 30.0. The van der Waals surface area contributed by atoms with Gasteiger partial charge in [-0.3, -0.25) is 24.4 Å². The average Bonchev–Trinajstić information content (AvgIpc) is 4.22. The Morgan fingerprint density at radius 2 is 1.66 bits per heavy atom. The highest BCUT2D eigenvalue weighted by molar-refractivity contribution is 7.13. The number of ether oxygens (including phenoxy) is 4. The zero-order chi connectivity index (χ0) is 52.0. The topological polar surface area (TPSA) is 210 Å². The maximum absolute atomic E-state index is 14.3. The number of β-amino-alcohol motifs (C(OH)–C–C–N with tert-alkyl or cyclic N) is 1. The molecule has 0 unspecified atom stereocenters. The van der Waals surface area contributed by atoms with Crippen LogP contribution in [-0.2, 0) is 43.3 Å². The van der Waals surface area contributed by atoms with E-state index in [9.17, 15) is 24.7 Å². The number of thiazole rings is 1. The number of amides is 3. The Labute approximate surface area is 436 Å². The summed E-state index contributed by atoms with van der Waals surface area (Å²) in [6.07, 6.45) is 6.92. The molecule has 0 saturated carbocycles. The highest BCUT2D eigenvalue weighted by Gasteiger charge is 2.46.